The first-order valence-electron chi connectivity index (χ1n) is 4.70. The number of methoxy groups -OCH3 is 1. The molecule has 0 spiro atoms. The second-order valence-electron chi connectivity index (χ2n) is 3.53. The fourth-order valence-electron chi connectivity index (χ4n) is 1.15. The fourth-order valence-corrected chi connectivity index (χ4v) is 1.55. The third-order valence-electron chi connectivity index (χ3n) is 2.57. The van der Waals surface area contributed by atoms with Gasteiger partial charge >= 0.3 is 0 Å². The van der Waals surface area contributed by atoms with Crippen LogP contribution in [0.15, 0.2) is 4.47 Å². The topological polar surface area (TPSA) is 35.0 Å². The standard InChI is InChI=1S/C10H14BrClN2O/c1-5-10(3,15-4)9-13-6(2)7(11)8(12)14-9/h5H2,1-4H3. The average Bonchev–Trinajstić information content (AvgIpc) is 2.24. The molecule has 0 N–H and O–H groups in total. The maximum absolute atomic E-state index is 5.99. The molecule has 84 valence electrons. The van der Waals surface area contributed by atoms with E-state index in [0.29, 0.717) is 11.0 Å². The van der Waals surface area contributed by atoms with Crippen molar-refractivity contribution in [2.24, 2.45) is 0 Å². The zero-order chi connectivity index (χ0) is 11.6. The van der Waals surface area contributed by atoms with Crippen LogP contribution in [0.5, 0.6) is 0 Å². The smallest absolute Gasteiger partial charge is 0.161 e. The second kappa shape index (κ2) is 4.76. The summed E-state index contributed by atoms with van der Waals surface area (Å²) in [6, 6.07) is 0. The predicted octanol–water partition coefficient (Wildman–Crippen LogP) is 3.47. The lowest BCUT2D eigenvalue weighted by Crippen LogP contribution is -2.26. The van der Waals surface area contributed by atoms with E-state index in [-0.39, 0.29) is 0 Å². The van der Waals surface area contributed by atoms with E-state index in [1.807, 2.05) is 20.8 Å². The molecule has 1 aromatic rings. The van der Waals surface area contributed by atoms with E-state index in [2.05, 4.69) is 25.9 Å². The van der Waals surface area contributed by atoms with Crippen molar-refractivity contribution in [3.8, 4) is 0 Å². The molecule has 3 nitrogen and oxygen atoms in total. The SMILES string of the molecule is CCC(C)(OC)c1nc(C)c(Br)c(Cl)n1. The highest BCUT2D eigenvalue weighted by atomic mass is 79.9. The van der Waals surface area contributed by atoms with Crippen LogP contribution in [-0.4, -0.2) is 17.1 Å². The summed E-state index contributed by atoms with van der Waals surface area (Å²) in [5.74, 6) is 0.623. The monoisotopic (exact) mass is 292 g/mol. The molecule has 0 aromatic carbocycles. The van der Waals surface area contributed by atoms with E-state index < -0.39 is 5.60 Å². The Morgan fingerprint density at radius 2 is 2.07 bits per heavy atom. The van der Waals surface area contributed by atoms with Crippen molar-refractivity contribution >= 4 is 27.5 Å². The maximum Gasteiger partial charge on any atom is 0.161 e. The van der Waals surface area contributed by atoms with E-state index in [4.69, 9.17) is 16.3 Å². The number of ether oxygens (including phenoxy) is 1. The zero-order valence-electron chi connectivity index (χ0n) is 9.27. The minimum atomic E-state index is -0.477. The maximum atomic E-state index is 5.99. The highest BCUT2D eigenvalue weighted by molar-refractivity contribution is 9.10. The van der Waals surface area contributed by atoms with Crippen LogP contribution in [0.25, 0.3) is 0 Å². The Bertz CT molecular complexity index is 343. The minimum Gasteiger partial charge on any atom is -0.371 e. The molecule has 0 amide bonds. The fraction of sp³-hybridized carbons (Fsp3) is 0.600. The third kappa shape index (κ3) is 2.49. The summed E-state index contributed by atoms with van der Waals surface area (Å²) in [4.78, 5) is 8.61. The van der Waals surface area contributed by atoms with E-state index in [0.717, 1.165) is 16.6 Å². The van der Waals surface area contributed by atoms with Crippen LogP contribution in [0, 0.1) is 6.92 Å². The van der Waals surface area contributed by atoms with E-state index >= 15 is 0 Å². The average molecular weight is 294 g/mol. The van der Waals surface area contributed by atoms with Crippen LogP contribution in [-0.2, 0) is 10.3 Å². The largest absolute Gasteiger partial charge is 0.371 e. The first kappa shape index (κ1) is 12.9. The second-order valence-corrected chi connectivity index (χ2v) is 4.68. The normalized spacial score (nSPS) is 15.1. The first-order valence-corrected chi connectivity index (χ1v) is 5.87. The molecule has 15 heavy (non-hydrogen) atoms. The Morgan fingerprint density at radius 3 is 2.47 bits per heavy atom. The molecule has 1 rings (SSSR count). The molecule has 1 unspecified atom stereocenters. The van der Waals surface area contributed by atoms with Gasteiger partial charge < -0.3 is 4.74 Å². The predicted molar refractivity (Wildman–Crippen MR) is 64.1 cm³/mol. The van der Waals surface area contributed by atoms with Crippen molar-refractivity contribution in [1.82, 2.24) is 9.97 Å². The van der Waals surface area contributed by atoms with Crippen molar-refractivity contribution in [2.75, 3.05) is 7.11 Å². The molecule has 0 aliphatic rings. The number of nitrogens with zero attached hydrogens (tertiary/aromatic N) is 2. The Morgan fingerprint density at radius 1 is 1.47 bits per heavy atom. The summed E-state index contributed by atoms with van der Waals surface area (Å²) in [6.45, 7) is 5.86. The molecule has 0 saturated carbocycles. The quantitative estimate of drug-likeness (QED) is 0.800. The van der Waals surface area contributed by atoms with Crippen molar-refractivity contribution in [1.29, 1.82) is 0 Å². The Balaban J connectivity index is 3.27. The van der Waals surface area contributed by atoms with Crippen LogP contribution >= 0.6 is 27.5 Å². The number of halogens is 2. The summed E-state index contributed by atoms with van der Waals surface area (Å²) in [6.07, 6.45) is 0.793. The van der Waals surface area contributed by atoms with Crippen molar-refractivity contribution < 1.29 is 4.74 Å². The van der Waals surface area contributed by atoms with Gasteiger partial charge in [0, 0.05) is 7.11 Å². The van der Waals surface area contributed by atoms with Crippen LogP contribution in [0.1, 0.15) is 31.8 Å². The molecule has 1 atom stereocenters. The van der Waals surface area contributed by atoms with Gasteiger partial charge in [0.2, 0.25) is 0 Å². The summed E-state index contributed by atoms with van der Waals surface area (Å²) >= 11 is 9.31. The molecule has 0 saturated heterocycles. The van der Waals surface area contributed by atoms with Gasteiger partial charge in [0.05, 0.1) is 10.2 Å². The molecule has 0 aliphatic carbocycles. The van der Waals surface area contributed by atoms with Gasteiger partial charge in [-0.15, -0.1) is 0 Å². The van der Waals surface area contributed by atoms with Crippen LogP contribution in [0.4, 0.5) is 0 Å². The summed E-state index contributed by atoms with van der Waals surface area (Å²) in [5.41, 5.74) is 0.344. The molecular formula is C10H14BrClN2O. The number of hydrogen-bond donors (Lipinski definition) is 0. The summed E-state index contributed by atoms with van der Waals surface area (Å²) in [5, 5.41) is 0.425. The lowest BCUT2D eigenvalue weighted by molar-refractivity contribution is -0.00913. The van der Waals surface area contributed by atoms with Crippen LogP contribution < -0.4 is 0 Å². The van der Waals surface area contributed by atoms with Gasteiger partial charge in [0.1, 0.15) is 10.8 Å². The van der Waals surface area contributed by atoms with Gasteiger partial charge in [-0.3, -0.25) is 0 Å². The number of aryl methyl sites for hydroxylation is 1. The Hall–Kier alpha value is -0.190. The highest BCUT2D eigenvalue weighted by Crippen LogP contribution is 2.30. The molecule has 5 heteroatoms. The molecule has 0 radical (unpaired) electrons. The molecule has 0 aliphatic heterocycles. The lowest BCUT2D eigenvalue weighted by atomic mass is 10.0. The van der Waals surface area contributed by atoms with E-state index in [1.165, 1.54) is 0 Å². The zero-order valence-corrected chi connectivity index (χ0v) is 11.6. The van der Waals surface area contributed by atoms with Gasteiger partial charge in [0.15, 0.2) is 5.82 Å². The molecular weight excluding hydrogens is 279 g/mol. The van der Waals surface area contributed by atoms with Gasteiger partial charge in [-0.1, -0.05) is 18.5 Å². The van der Waals surface area contributed by atoms with Crippen molar-refractivity contribution in [2.45, 2.75) is 32.8 Å². The highest BCUT2D eigenvalue weighted by Gasteiger charge is 2.28. The van der Waals surface area contributed by atoms with Crippen molar-refractivity contribution in [3.63, 3.8) is 0 Å². The summed E-state index contributed by atoms with van der Waals surface area (Å²) in [7, 11) is 1.65. The van der Waals surface area contributed by atoms with Crippen molar-refractivity contribution in [3.05, 3.63) is 21.1 Å². The van der Waals surface area contributed by atoms with Crippen LogP contribution in [0.3, 0.4) is 0 Å². The third-order valence-corrected chi connectivity index (χ3v) is 4.03. The van der Waals surface area contributed by atoms with E-state index in [1.54, 1.807) is 7.11 Å². The summed E-state index contributed by atoms with van der Waals surface area (Å²) < 4.78 is 6.16. The van der Waals surface area contributed by atoms with E-state index in [9.17, 15) is 0 Å². The minimum absolute atomic E-state index is 0.425. The molecule has 1 aromatic heterocycles. The van der Waals surface area contributed by atoms with Gasteiger partial charge in [-0.25, -0.2) is 9.97 Å². The van der Waals surface area contributed by atoms with Gasteiger partial charge in [-0.05, 0) is 36.2 Å². The molecule has 0 bridgehead atoms. The number of aromatic nitrogens is 2. The first-order chi connectivity index (χ1) is 6.94. The van der Waals surface area contributed by atoms with Gasteiger partial charge in [0.25, 0.3) is 0 Å². The number of rotatable bonds is 3. The molecule has 0 fully saturated rings. The number of hydrogen-bond acceptors (Lipinski definition) is 3. The Kier molecular flexibility index (Phi) is 4.09. The van der Waals surface area contributed by atoms with Gasteiger partial charge in [-0.2, -0.15) is 0 Å². The van der Waals surface area contributed by atoms with Crippen LogP contribution in [0.2, 0.25) is 5.15 Å². The Labute approximate surface area is 103 Å². The molecule has 1 heterocycles. The lowest BCUT2D eigenvalue weighted by Gasteiger charge is -2.25.